The van der Waals surface area contributed by atoms with E-state index < -0.39 is 0 Å². The van der Waals surface area contributed by atoms with Gasteiger partial charge in [-0.1, -0.05) is 0 Å². The minimum absolute atomic E-state index is 0.826. The molecular formula is C17H21N4O+. The molecule has 1 aromatic carbocycles. The summed E-state index contributed by atoms with van der Waals surface area (Å²) in [6, 6.07) is 8.06. The van der Waals surface area contributed by atoms with E-state index in [0.717, 1.165) is 39.2 Å². The first-order valence-corrected chi connectivity index (χ1v) is 7.24. The molecule has 0 bridgehead atoms. The fraction of sp³-hybridized carbons (Fsp3) is 0.294. The van der Waals surface area contributed by atoms with Crippen molar-refractivity contribution in [1.29, 1.82) is 0 Å². The molecule has 0 unspecified atom stereocenters. The highest BCUT2D eigenvalue weighted by molar-refractivity contribution is 5.85. The van der Waals surface area contributed by atoms with Gasteiger partial charge in [0, 0.05) is 12.4 Å². The van der Waals surface area contributed by atoms with Gasteiger partial charge in [-0.05, 0) is 29.8 Å². The maximum absolute atomic E-state index is 5.24. The Morgan fingerprint density at radius 3 is 2.36 bits per heavy atom. The lowest BCUT2D eigenvalue weighted by molar-refractivity contribution is -0.883. The van der Waals surface area contributed by atoms with Crippen molar-refractivity contribution in [2.75, 3.05) is 28.3 Å². The lowest BCUT2D eigenvalue weighted by Gasteiger charge is -2.24. The molecule has 1 N–H and O–H groups in total. The van der Waals surface area contributed by atoms with Crippen LogP contribution in [-0.2, 0) is 6.54 Å². The van der Waals surface area contributed by atoms with E-state index in [1.54, 1.807) is 19.5 Å². The second-order valence-electron chi connectivity index (χ2n) is 6.41. The normalized spacial score (nSPS) is 11.8. The summed E-state index contributed by atoms with van der Waals surface area (Å²) in [6.45, 7) is 0.875. The number of quaternary nitrogens is 1. The average molecular weight is 297 g/mol. The Labute approximate surface area is 130 Å². The molecule has 0 spiro atoms. The van der Waals surface area contributed by atoms with Crippen LogP contribution >= 0.6 is 0 Å². The number of nitrogens with zero attached hydrogens (tertiary/aromatic N) is 3. The van der Waals surface area contributed by atoms with Crippen molar-refractivity contribution in [2.24, 2.45) is 0 Å². The minimum Gasteiger partial charge on any atom is -0.497 e. The highest BCUT2D eigenvalue weighted by Crippen LogP contribution is 2.30. The Morgan fingerprint density at radius 1 is 1.05 bits per heavy atom. The summed E-state index contributed by atoms with van der Waals surface area (Å²) in [5, 5.41) is 0. The molecule has 0 saturated carbocycles. The zero-order valence-corrected chi connectivity index (χ0v) is 13.4. The molecule has 2 aromatic heterocycles. The van der Waals surface area contributed by atoms with E-state index in [1.807, 2.05) is 12.1 Å². The smallest absolute Gasteiger partial charge is 0.157 e. The van der Waals surface area contributed by atoms with E-state index in [1.165, 1.54) is 5.56 Å². The first kappa shape index (κ1) is 14.5. The Hall–Kier alpha value is -2.40. The monoisotopic (exact) mass is 297 g/mol. The van der Waals surface area contributed by atoms with Crippen LogP contribution in [0, 0.1) is 0 Å². The van der Waals surface area contributed by atoms with Gasteiger partial charge in [-0.15, -0.1) is 0 Å². The molecule has 3 aromatic rings. The van der Waals surface area contributed by atoms with E-state index in [4.69, 9.17) is 4.74 Å². The summed E-state index contributed by atoms with van der Waals surface area (Å²) in [5.41, 5.74) is 5.17. The highest BCUT2D eigenvalue weighted by atomic mass is 16.5. The second-order valence-corrected chi connectivity index (χ2v) is 6.41. The fourth-order valence-corrected chi connectivity index (χ4v) is 2.59. The number of H-pyrrole nitrogens is 1. The van der Waals surface area contributed by atoms with E-state index in [0.29, 0.717) is 0 Å². The maximum Gasteiger partial charge on any atom is 0.157 e. The molecule has 0 aliphatic rings. The van der Waals surface area contributed by atoms with E-state index in [9.17, 15) is 0 Å². The Balaban J connectivity index is 2.16. The summed E-state index contributed by atoms with van der Waals surface area (Å²) in [4.78, 5) is 12.3. The summed E-state index contributed by atoms with van der Waals surface area (Å²) < 4.78 is 6.06. The zero-order chi connectivity index (χ0) is 15.7. The lowest BCUT2D eigenvalue weighted by Crippen LogP contribution is -2.33. The van der Waals surface area contributed by atoms with Crippen LogP contribution in [-0.4, -0.2) is 47.7 Å². The third kappa shape index (κ3) is 2.80. The van der Waals surface area contributed by atoms with Crippen molar-refractivity contribution in [2.45, 2.75) is 6.54 Å². The second kappa shape index (κ2) is 5.42. The first-order valence-electron chi connectivity index (χ1n) is 7.24. The van der Waals surface area contributed by atoms with Gasteiger partial charge in [0.1, 0.15) is 17.8 Å². The Bertz CT molecular complexity index is 785. The molecular weight excluding hydrogens is 276 g/mol. The number of aromatic nitrogens is 3. The van der Waals surface area contributed by atoms with Crippen LogP contribution in [0.15, 0.2) is 36.7 Å². The molecule has 0 saturated heterocycles. The van der Waals surface area contributed by atoms with Crippen LogP contribution in [0.2, 0.25) is 0 Å². The number of hydrogen-bond acceptors (Lipinski definition) is 3. The van der Waals surface area contributed by atoms with Gasteiger partial charge in [0.2, 0.25) is 0 Å². The zero-order valence-electron chi connectivity index (χ0n) is 13.4. The van der Waals surface area contributed by atoms with Crippen LogP contribution in [0.3, 0.4) is 0 Å². The molecule has 0 amide bonds. The molecule has 2 heterocycles. The molecule has 0 radical (unpaired) electrons. The van der Waals surface area contributed by atoms with Crippen molar-refractivity contribution in [3.05, 3.63) is 42.2 Å². The first-order chi connectivity index (χ1) is 10.5. The van der Waals surface area contributed by atoms with Crippen molar-refractivity contribution >= 4 is 11.2 Å². The van der Waals surface area contributed by atoms with E-state index in [2.05, 4.69) is 48.2 Å². The van der Waals surface area contributed by atoms with E-state index in [-0.39, 0.29) is 0 Å². The number of aromatic amines is 1. The lowest BCUT2D eigenvalue weighted by atomic mass is 10.1. The molecule has 0 aliphatic heterocycles. The van der Waals surface area contributed by atoms with Crippen LogP contribution < -0.4 is 4.74 Å². The average Bonchev–Trinajstić information content (AvgIpc) is 2.84. The van der Waals surface area contributed by atoms with Gasteiger partial charge in [-0.3, -0.25) is 4.98 Å². The van der Waals surface area contributed by atoms with Gasteiger partial charge in [-0.2, -0.15) is 0 Å². The SMILES string of the molecule is COc1ccc(-c2[nH]c3nccnc3c2C[N+](C)(C)C)cc1. The molecule has 3 rings (SSSR count). The fourth-order valence-electron chi connectivity index (χ4n) is 2.59. The molecule has 0 aliphatic carbocycles. The van der Waals surface area contributed by atoms with Crippen molar-refractivity contribution in [3.8, 4) is 17.0 Å². The third-order valence-corrected chi connectivity index (χ3v) is 3.54. The maximum atomic E-state index is 5.24. The van der Waals surface area contributed by atoms with Gasteiger partial charge in [0.15, 0.2) is 5.65 Å². The molecule has 5 nitrogen and oxygen atoms in total. The summed E-state index contributed by atoms with van der Waals surface area (Å²) in [6.07, 6.45) is 3.46. The summed E-state index contributed by atoms with van der Waals surface area (Å²) in [7, 11) is 8.20. The third-order valence-electron chi connectivity index (χ3n) is 3.54. The Kier molecular flexibility index (Phi) is 3.58. The van der Waals surface area contributed by atoms with Gasteiger partial charge < -0.3 is 14.2 Å². The molecule has 0 fully saturated rings. The number of methoxy groups -OCH3 is 1. The molecule has 114 valence electrons. The molecule has 22 heavy (non-hydrogen) atoms. The predicted molar refractivity (Wildman–Crippen MR) is 87.6 cm³/mol. The minimum atomic E-state index is 0.826. The quantitative estimate of drug-likeness (QED) is 0.753. The van der Waals surface area contributed by atoms with E-state index >= 15 is 0 Å². The molecule has 0 atom stereocenters. The number of nitrogens with one attached hydrogen (secondary N) is 1. The summed E-state index contributed by atoms with van der Waals surface area (Å²) >= 11 is 0. The van der Waals surface area contributed by atoms with Gasteiger partial charge in [-0.25, -0.2) is 4.98 Å². The van der Waals surface area contributed by atoms with Crippen LogP contribution in [0.1, 0.15) is 5.56 Å². The van der Waals surface area contributed by atoms with Gasteiger partial charge >= 0.3 is 0 Å². The van der Waals surface area contributed by atoms with Crippen LogP contribution in [0.4, 0.5) is 0 Å². The number of benzene rings is 1. The van der Waals surface area contributed by atoms with Gasteiger partial charge in [0.25, 0.3) is 0 Å². The highest BCUT2D eigenvalue weighted by Gasteiger charge is 2.20. The number of rotatable bonds is 4. The van der Waals surface area contributed by atoms with Crippen molar-refractivity contribution in [1.82, 2.24) is 15.0 Å². The Morgan fingerprint density at radius 2 is 1.73 bits per heavy atom. The van der Waals surface area contributed by atoms with Crippen LogP contribution in [0.5, 0.6) is 5.75 Å². The predicted octanol–water partition coefficient (Wildman–Crippen LogP) is 2.84. The summed E-state index contributed by atoms with van der Waals surface area (Å²) in [5.74, 6) is 0.851. The van der Waals surface area contributed by atoms with Gasteiger partial charge in [0.05, 0.1) is 39.5 Å². The molecule has 5 heteroatoms. The number of hydrogen-bond donors (Lipinski definition) is 1. The number of fused-ring (bicyclic) bond motifs is 1. The number of ether oxygens (including phenoxy) is 1. The van der Waals surface area contributed by atoms with Crippen molar-refractivity contribution in [3.63, 3.8) is 0 Å². The van der Waals surface area contributed by atoms with Crippen molar-refractivity contribution < 1.29 is 9.22 Å². The van der Waals surface area contributed by atoms with Crippen LogP contribution in [0.25, 0.3) is 22.4 Å². The standard InChI is InChI=1S/C17H21N4O/c1-21(2,3)11-14-15(12-5-7-13(22-4)8-6-12)20-17-16(14)18-9-10-19-17/h5-10H,11H2,1-4H3,(H,19,20)/q+1. The topological polar surface area (TPSA) is 50.8 Å². The largest absolute Gasteiger partial charge is 0.497 e.